The van der Waals surface area contributed by atoms with E-state index in [0.717, 1.165) is 25.2 Å². The number of nitrogens with zero attached hydrogens (tertiary/aromatic N) is 1. The highest BCUT2D eigenvalue weighted by Crippen LogP contribution is 2.25. The van der Waals surface area contributed by atoms with Crippen LogP contribution in [0.15, 0.2) is 47.8 Å². The molecule has 3 aromatic rings. The molecule has 2 nitrogen and oxygen atoms in total. The fourth-order valence-electron chi connectivity index (χ4n) is 2.49. The minimum atomic E-state index is 0.699. The summed E-state index contributed by atoms with van der Waals surface area (Å²) in [5.74, 6) is 0.699. The number of benzene rings is 2. The molecule has 3 rings (SSSR count). The standard InChI is InChI=1S/C19H22N2S/c1-14(2)12-20-10-9-19-21-18(13-22-19)17-8-7-15-5-3-4-6-16(15)11-17/h3-8,11,13-14,20H,9-10,12H2,1-2H3. The Kier molecular flexibility index (Phi) is 4.86. The molecule has 1 heterocycles. The van der Waals surface area contributed by atoms with Crippen molar-refractivity contribution in [1.29, 1.82) is 0 Å². The van der Waals surface area contributed by atoms with Crippen LogP contribution in [0.1, 0.15) is 18.9 Å². The summed E-state index contributed by atoms with van der Waals surface area (Å²) in [7, 11) is 0. The molecule has 0 bridgehead atoms. The van der Waals surface area contributed by atoms with Gasteiger partial charge in [-0.05, 0) is 29.3 Å². The van der Waals surface area contributed by atoms with E-state index in [1.807, 2.05) is 0 Å². The van der Waals surface area contributed by atoms with Gasteiger partial charge in [0.05, 0.1) is 10.7 Å². The average Bonchev–Trinajstić information content (AvgIpc) is 3.00. The van der Waals surface area contributed by atoms with Gasteiger partial charge >= 0.3 is 0 Å². The van der Waals surface area contributed by atoms with Crippen LogP contribution in [0.5, 0.6) is 0 Å². The van der Waals surface area contributed by atoms with Crippen LogP contribution >= 0.6 is 11.3 Å². The molecule has 0 saturated carbocycles. The summed E-state index contributed by atoms with van der Waals surface area (Å²) in [5, 5.41) is 9.40. The molecule has 0 amide bonds. The number of thiazole rings is 1. The van der Waals surface area contributed by atoms with Crippen LogP contribution in [0.25, 0.3) is 22.0 Å². The molecule has 0 aliphatic carbocycles. The Bertz CT molecular complexity index is 746. The average molecular weight is 310 g/mol. The van der Waals surface area contributed by atoms with Crippen molar-refractivity contribution in [2.45, 2.75) is 20.3 Å². The van der Waals surface area contributed by atoms with E-state index < -0.39 is 0 Å². The second-order valence-electron chi connectivity index (χ2n) is 6.04. The number of hydrogen-bond acceptors (Lipinski definition) is 3. The molecule has 1 aromatic heterocycles. The molecular weight excluding hydrogens is 288 g/mol. The Labute approximate surface area is 136 Å². The van der Waals surface area contributed by atoms with Gasteiger partial charge in [0.25, 0.3) is 0 Å². The number of hydrogen-bond donors (Lipinski definition) is 1. The van der Waals surface area contributed by atoms with E-state index in [9.17, 15) is 0 Å². The van der Waals surface area contributed by atoms with E-state index in [-0.39, 0.29) is 0 Å². The van der Waals surface area contributed by atoms with Gasteiger partial charge in [-0.15, -0.1) is 11.3 Å². The van der Waals surface area contributed by atoms with E-state index >= 15 is 0 Å². The van der Waals surface area contributed by atoms with Crippen molar-refractivity contribution < 1.29 is 0 Å². The Balaban J connectivity index is 1.69. The predicted molar refractivity (Wildman–Crippen MR) is 96.5 cm³/mol. The van der Waals surface area contributed by atoms with Crippen molar-refractivity contribution >= 4 is 22.1 Å². The molecule has 3 heteroatoms. The first-order valence-electron chi connectivity index (χ1n) is 7.86. The van der Waals surface area contributed by atoms with Gasteiger partial charge in [-0.2, -0.15) is 0 Å². The Morgan fingerprint density at radius 2 is 1.91 bits per heavy atom. The molecule has 0 aliphatic rings. The zero-order valence-electron chi connectivity index (χ0n) is 13.2. The fourth-order valence-corrected chi connectivity index (χ4v) is 3.30. The van der Waals surface area contributed by atoms with Crippen molar-refractivity contribution in [3.63, 3.8) is 0 Å². The number of aromatic nitrogens is 1. The van der Waals surface area contributed by atoms with Crippen LogP contribution in [0.3, 0.4) is 0 Å². The second-order valence-corrected chi connectivity index (χ2v) is 6.98. The summed E-state index contributed by atoms with van der Waals surface area (Å²) >= 11 is 1.76. The van der Waals surface area contributed by atoms with Crippen LogP contribution in [0.4, 0.5) is 0 Å². The van der Waals surface area contributed by atoms with Gasteiger partial charge in [-0.25, -0.2) is 4.98 Å². The molecule has 0 radical (unpaired) electrons. The normalized spacial score (nSPS) is 11.4. The Morgan fingerprint density at radius 1 is 1.09 bits per heavy atom. The van der Waals surface area contributed by atoms with Gasteiger partial charge in [-0.1, -0.05) is 50.2 Å². The molecule has 0 saturated heterocycles. The zero-order valence-corrected chi connectivity index (χ0v) is 14.0. The van der Waals surface area contributed by atoms with Gasteiger partial charge in [0, 0.05) is 23.9 Å². The molecule has 114 valence electrons. The highest BCUT2D eigenvalue weighted by Gasteiger charge is 2.05. The summed E-state index contributed by atoms with van der Waals surface area (Å²) in [4.78, 5) is 4.78. The van der Waals surface area contributed by atoms with Crippen molar-refractivity contribution in [1.82, 2.24) is 10.3 Å². The Morgan fingerprint density at radius 3 is 2.73 bits per heavy atom. The monoisotopic (exact) mass is 310 g/mol. The van der Waals surface area contributed by atoms with E-state index in [0.29, 0.717) is 5.92 Å². The molecule has 0 fully saturated rings. The lowest BCUT2D eigenvalue weighted by atomic mass is 10.1. The van der Waals surface area contributed by atoms with Crippen LogP contribution in [0, 0.1) is 5.92 Å². The first kappa shape index (κ1) is 15.2. The summed E-state index contributed by atoms with van der Waals surface area (Å²) in [5.41, 5.74) is 2.30. The fraction of sp³-hybridized carbons (Fsp3) is 0.316. The molecule has 0 atom stereocenters. The van der Waals surface area contributed by atoms with Crippen LogP contribution in [-0.2, 0) is 6.42 Å². The summed E-state index contributed by atoms with van der Waals surface area (Å²) in [6.45, 7) is 6.54. The highest BCUT2D eigenvalue weighted by molar-refractivity contribution is 7.09. The van der Waals surface area contributed by atoms with Crippen LogP contribution in [0.2, 0.25) is 0 Å². The quantitative estimate of drug-likeness (QED) is 0.664. The molecule has 1 N–H and O–H groups in total. The summed E-state index contributed by atoms with van der Waals surface area (Å²) in [6.07, 6.45) is 1.00. The van der Waals surface area contributed by atoms with E-state index in [1.54, 1.807) is 11.3 Å². The van der Waals surface area contributed by atoms with Gasteiger partial charge in [0.1, 0.15) is 0 Å². The number of rotatable bonds is 6. The summed E-state index contributed by atoms with van der Waals surface area (Å²) in [6, 6.07) is 15.0. The molecule has 0 spiro atoms. The second kappa shape index (κ2) is 7.03. The number of fused-ring (bicyclic) bond motifs is 1. The predicted octanol–water partition coefficient (Wildman–Crippen LogP) is 4.75. The third kappa shape index (κ3) is 3.73. The van der Waals surface area contributed by atoms with Crippen molar-refractivity contribution in [3.05, 3.63) is 52.9 Å². The minimum absolute atomic E-state index is 0.699. The smallest absolute Gasteiger partial charge is 0.0945 e. The van der Waals surface area contributed by atoms with Crippen molar-refractivity contribution in [2.24, 2.45) is 5.92 Å². The summed E-state index contributed by atoms with van der Waals surface area (Å²) < 4.78 is 0. The lowest BCUT2D eigenvalue weighted by Gasteiger charge is -2.05. The SMILES string of the molecule is CC(C)CNCCc1nc(-c2ccc3ccccc3c2)cs1. The third-order valence-corrected chi connectivity index (χ3v) is 4.57. The number of nitrogens with one attached hydrogen (secondary N) is 1. The van der Waals surface area contributed by atoms with Crippen molar-refractivity contribution in [3.8, 4) is 11.3 Å². The third-order valence-electron chi connectivity index (χ3n) is 3.67. The first-order chi connectivity index (χ1) is 10.7. The Hall–Kier alpha value is -1.71. The molecule has 2 aromatic carbocycles. The first-order valence-corrected chi connectivity index (χ1v) is 8.74. The van der Waals surface area contributed by atoms with Gasteiger partial charge in [0.2, 0.25) is 0 Å². The van der Waals surface area contributed by atoms with Crippen LogP contribution < -0.4 is 5.32 Å². The highest BCUT2D eigenvalue weighted by atomic mass is 32.1. The van der Waals surface area contributed by atoms with Gasteiger partial charge in [0.15, 0.2) is 0 Å². The van der Waals surface area contributed by atoms with Gasteiger partial charge < -0.3 is 5.32 Å². The molecular formula is C19H22N2S. The van der Waals surface area contributed by atoms with Crippen molar-refractivity contribution in [2.75, 3.05) is 13.1 Å². The van der Waals surface area contributed by atoms with E-state index in [1.165, 1.54) is 21.3 Å². The molecule has 22 heavy (non-hydrogen) atoms. The van der Waals surface area contributed by atoms with E-state index in [2.05, 4.69) is 67.0 Å². The van der Waals surface area contributed by atoms with E-state index in [4.69, 9.17) is 4.98 Å². The maximum absolute atomic E-state index is 4.78. The van der Waals surface area contributed by atoms with Gasteiger partial charge in [-0.3, -0.25) is 0 Å². The molecule has 0 unspecified atom stereocenters. The minimum Gasteiger partial charge on any atom is -0.316 e. The topological polar surface area (TPSA) is 24.9 Å². The maximum Gasteiger partial charge on any atom is 0.0945 e. The zero-order chi connectivity index (χ0) is 15.4. The lowest BCUT2D eigenvalue weighted by Crippen LogP contribution is -2.22. The molecule has 0 aliphatic heterocycles. The largest absolute Gasteiger partial charge is 0.316 e. The van der Waals surface area contributed by atoms with Crippen LogP contribution in [-0.4, -0.2) is 18.1 Å². The lowest BCUT2D eigenvalue weighted by molar-refractivity contribution is 0.554. The maximum atomic E-state index is 4.78.